The van der Waals surface area contributed by atoms with Gasteiger partial charge < -0.3 is 9.47 Å². The molecule has 186 valence electrons. The van der Waals surface area contributed by atoms with Gasteiger partial charge in [-0.2, -0.15) is 0 Å². The molecule has 0 radical (unpaired) electrons. The van der Waals surface area contributed by atoms with Crippen molar-refractivity contribution in [1.29, 1.82) is 0 Å². The number of nitrogens with zero attached hydrogens (tertiary/aromatic N) is 3. The second kappa shape index (κ2) is 11.7. The van der Waals surface area contributed by atoms with Gasteiger partial charge in [-0.15, -0.1) is 0 Å². The van der Waals surface area contributed by atoms with E-state index < -0.39 is 17.3 Å². The number of amides is 2. The Hall–Kier alpha value is -2.58. The summed E-state index contributed by atoms with van der Waals surface area (Å²) >= 11 is 11.6. The van der Waals surface area contributed by atoms with E-state index in [0.717, 1.165) is 24.8 Å². The van der Waals surface area contributed by atoms with Crippen LogP contribution in [0.15, 0.2) is 30.3 Å². The van der Waals surface area contributed by atoms with Crippen LogP contribution in [0.3, 0.4) is 0 Å². The Bertz CT molecular complexity index is 1000. The molecule has 34 heavy (non-hydrogen) atoms. The first-order valence-corrected chi connectivity index (χ1v) is 11.8. The van der Waals surface area contributed by atoms with Crippen LogP contribution in [0.5, 0.6) is 0 Å². The lowest BCUT2D eigenvalue weighted by Gasteiger charge is -2.26. The number of rotatable bonds is 1. The van der Waals surface area contributed by atoms with Crippen molar-refractivity contribution in [2.24, 2.45) is 0 Å². The molecule has 3 rings (SSSR count). The van der Waals surface area contributed by atoms with Crippen molar-refractivity contribution < 1.29 is 19.1 Å². The molecule has 8 nitrogen and oxygen atoms in total. The molecule has 0 aromatic carbocycles. The lowest BCUT2D eigenvalue weighted by atomic mass is 10.1. The number of hydrogen-bond acceptors (Lipinski definition) is 6. The van der Waals surface area contributed by atoms with Gasteiger partial charge in [0.15, 0.2) is 0 Å². The molecule has 2 aromatic rings. The van der Waals surface area contributed by atoms with Gasteiger partial charge in [0, 0.05) is 6.54 Å². The van der Waals surface area contributed by atoms with E-state index in [2.05, 4.69) is 15.3 Å². The fourth-order valence-corrected chi connectivity index (χ4v) is 3.26. The van der Waals surface area contributed by atoms with Crippen molar-refractivity contribution in [3.8, 4) is 0 Å². The maximum atomic E-state index is 12.3. The molecule has 10 heteroatoms. The third-order valence-electron chi connectivity index (χ3n) is 4.21. The van der Waals surface area contributed by atoms with E-state index in [0.29, 0.717) is 28.5 Å². The number of carbonyl (C=O) groups excluding carboxylic acids is 2. The van der Waals surface area contributed by atoms with Crippen molar-refractivity contribution in [2.75, 3.05) is 16.8 Å². The molecule has 0 atom stereocenters. The summed E-state index contributed by atoms with van der Waals surface area (Å²) in [5.41, 5.74) is 0.0119. The van der Waals surface area contributed by atoms with E-state index in [1.54, 1.807) is 49.9 Å². The van der Waals surface area contributed by atoms with Gasteiger partial charge >= 0.3 is 12.2 Å². The zero-order valence-electron chi connectivity index (χ0n) is 20.4. The Morgan fingerprint density at radius 3 is 2.18 bits per heavy atom. The summed E-state index contributed by atoms with van der Waals surface area (Å²) in [6.07, 6.45) is 1.99. The van der Waals surface area contributed by atoms with Crippen LogP contribution >= 0.6 is 23.2 Å². The molecule has 3 heterocycles. The Kier molecular flexibility index (Phi) is 9.53. The van der Waals surface area contributed by atoms with E-state index in [9.17, 15) is 9.59 Å². The molecule has 0 bridgehead atoms. The van der Waals surface area contributed by atoms with Gasteiger partial charge in [-0.1, -0.05) is 35.3 Å². The number of aryl methyl sites for hydroxylation is 1. The van der Waals surface area contributed by atoms with Crippen molar-refractivity contribution in [3.63, 3.8) is 0 Å². The maximum Gasteiger partial charge on any atom is 0.416 e. The average molecular weight is 511 g/mol. The van der Waals surface area contributed by atoms with Crippen molar-refractivity contribution >= 4 is 47.0 Å². The number of nitrogens with one attached hydrogen (secondary N) is 1. The molecule has 2 aromatic heterocycles. The van der Waals surface area contributed by atoms with Crippen molar-refractivity contribution in [1.82, 2.24) is 9.97 Å². The number of pyridine rings is 2. The molecule has 0 unspecified atom stereocenters. The van der Waals surface area contributed by atoms with Gasteiger partial charge in [0.05, 0.1) is 0 Å². The Morgan fingerprint density at radius 2 is 1.56 bits per heavy atom. The van der Waals surface area contributed by atoms with Crippen LogP contribution in [0, 0.1) is 0 Å². The first-order valence-electron chi connectivity index (χ1n) is 11.0. The molecule has 0 spiro atoms. The van der Waals surface area contributed by atoms with E-state index in [4.69, 9.17) is 32.7 Å². The normalized spacial score (nSPS) is 13.6. The molecule has 1 aliphatic rings. The highest BCUT2D eigenvalue weighted by molar-refractivity contribution is 6.29. The highest BCUT2D eigenvalue weighted by Gasteiger charge is 2.27. The summed E-state index contributed by atoms with van der Waals surface area (Å²) in [6, 6.07) is 8.66. The van der Waals surface area contributed by atoms with Gasteiger partial charge in [0.25, 0.3) is 0 Å². The number of carbonyl (C=O) groups is 2. The zero-order valence-corrected chi connectivity index (χ0v) is 22.0. The predicted molar refractivity (Wildman–Crippen MR) is 135 cm³/mol. The molecule has 0 saturated carbocycles. The maximum absolute atomic E-state index is 12.3. The van der Waals surface area contributed by atoms with Gasteiger partial charge in [-0.05, 0) is 84.6 Å². The summed E-state index contributed by atoms with van der Waals surface area (Å²) in [5, 5.41) is 3.20. The van der Waals surface area contributed by atoms with E-state index >= 15 is 0 Å². The summed E-state index contributed by atoms with van der Waals surface area (Å²) in [5.74, 6) is 1.01. The third-order valence-corrected chi connectivity index (χ3v) is 4.63. The number of anilines is 2. The van der Waals surface area contributed by atoms with Gasteiger partial charge in [-0.3, -0.25) is 10.2 Å². The summed E-state index contributed by atoms with van der Waals surface area (Å²) in [6.45, 7) is 11.6. The number of aromatic nitrogens is 2. The molecule has 2 amide bonds. The minimum Gasteiger partial charge on any atom is -0.444 e. The SMILES string of the molecule is CC(C)(C)OC(=O)N1CCCCc2ccc(Cl)nc21.CC(C)(C)OC(=O)Nc1cccc(Cl)n1. The first-order chi connectivity index (χ1) is 15.7. The minimum atomic E-state index is -0.544. The fraction of sp³-hybridized carbons (Fsp3) is 0.500. The van der Waals surface area contributed by atoms with E-state index in [1.807, 2.05) is 26.8 Å². The monoisotopic (exact) mass is 510 g/mol. The molecule has 0 fully saturated rings. The van der Waals surface area contributed by atoms with Gasteiger partial charge in [-0.25, -0.2) is 19.6 Å². The molecule has 0 saturated heterocycles. The topological polar surface area (TPSA) is 93.6 Å². The lowest BCUT2D eigenvalue weighted by Crippen LogP contribution is -2.38. The van der Waals surface area contributed by atoms with Crippen LogP contribution in [0.2, 0.25) is 10.3 Å². The number of fused-ring (bicyclic) bond motifs is 1. The highest BCUT2D eigenvalue weighted by Crippen LogP contribution is 2.27. The molecular formula is C24H32Cl2N4O4. The second-order valence-corrected chi connectivity index (χ2v) is 10.5. The van der Waals surface area contributed by atoms with Gasteiger partial charge in [0.1, 0.15) is 33.1 Å². The van der Waals surface area contributed by atoms with Crippen LogP contribution in [0.25, 0.3) is 0 Å². The number of hydrogen-bond donors (Lipinski definition) is 1. The molecule has 1 N–H and O–H groups in total. The molecule has 1 aliphatic heterocycles. The number of halogens is 2. The van der Waals surface area contributed by atoms with Crippen LogP contribution in [0.1, 0.15) is 59.9 Å². The van der Waals surface area contributed by atoms with Crippen LogP contribution in [-0.4, -0.2) is 39.9 Å². The minimum absolute atomic E-state index is 0.323. The summed E-state index contributed by atoms with van der Waals surface area (Å²) in [7, 11) is 0. The second-order valence-electron chi connectivity index (χ2n) is 9.68. The standard InChI is InChI=1S/C14H19ClN2O2.C10H13ClN2O2/c1-14(2,3)19-13(18)17-9-5-4-6-10-7-8-11(15)16-12(10)17;1-10(2,3)15-9(14)13-8-6-4-5-7(11)12-8/h7-8H,4-6,9H2,1-3H3;4-6H,1-3H3,(H,12,13,14). The first kappa shape index (κ1) is 27.7. The lowest BCUT2D eigenvalue weighted by molar-refractivity contribution is 0.0577. The van der Waals surface area contributed by atoms with Crippen LogP contribution in [0.4, 0.5) is 21.2 Å². The highest BCUT2D eigenvalue weighted by atomic mass is 35.5. The largest absolute Gasteiger partial charge is 0.444 e. The Balaban J connectivity index is 0.000000248. The van der Waals surface area contributed by atoms with E-state index in [-0.39, 0.29) is 6.09 Å². The fourth-order valence-electron chi connectivity index (χ4n) is 2.96. The van der Waals surface area contributed by atoms with Crippen LogP contribution in [-0.2, 0) is 15.9 Å². The van der Waals surface area contributed by atoms with E-state index in [1.165, 1.54) is 0 Å². The molecule has 0 aliphatic carbocycles. The van der Waals surface area contributed by atoms with Crippen LogP contribution < -0.4 is 10.2 Å². The smallest absolute Gasteiger partial charge is 0.416 e. The Morgan fingerprint density at radius 1 is 0.912 bits per heavy atom. The summed E-state index contributed by atoms with van der Waals surface area (Å²) < 4.78 is 10.5. The summed E-state index contributed by atoms with van der Waals surface area (Å²) in [4.78, 5) is 33.4. The molecular weight excluding hydrogens is 479 g/mol. The average Bonchev–Trinajstić information content (AvgIpc) is 2.87. The third kappa shape index (κ3) is 9.73. The predicted octanol–water partition coefficient (Wildman–Crippen LogP) is 6.89. The van der Waals surface area contributed by atoms with Gasteiger partial charge in [0.2, 0.25) is 0 Å². The quantitative estimate of drug-likeness (QED) is 0.419. The zero-order chi connectivity index (χ0) is 25.5. The number of ether oxygens (including phenoxy) is 2. The van der Waals surface area contributed by atoms with Crippen molar-refractivity contribution in [2.45, 2.75) is 72.0 Å². The van der Waals surface area contributed by atoms with Crippen molar-refractivity contribution in [3.05, 3.63) is 46.2 Å². The Labute approximate surface area is 211 Å².